The van der Waals surface area contributed by atoms with Crippen LogP contribution in [-0.2, 0) is 4.79 Å². The smallest absolute Gasteiger partial charge is 0.226 e. The summed E-state index contributed by atoms with van der Waals surface area (Å²) in [6, 6.07) is 12.9. The van der Waals surface area contributed by atoms with Gasteiger partial charge in [0.1, 0.15) is 11.6 Å². The van der Waals surface area contributed by atoms with Gasteiger partial charge in [0.2, 0.25) is 5.91 Å². The van der Waals surface area contributed by atoms with Crippen LogP contribution in [-0.4, -0.2) is 17.4 Å². The molecule has 5 heteroatoms. The zero-order valence-electron chi connectivity index (χ0n) is 13.8. The van der Waals surface area contributed by atoms with E-state index in [1.807, 2.05) is 36.4 Å². The SMILES string of the molecule is N.O=C(C1CC1)N1CC(c2cc(F)ccc2F)=CC1c1ccccc1. The normalized spacial score (nSPS) is 19.4. The van der Waals surface area contributed by atoms with Crippen LogP contribution in [0.3, 0.4) is 0 Å². The van der Waals surface area contributed by atoms with Gasteiger partial charge in [-0.2, -0.15) is 0 Å². The van der Waals surface area contributed by atoms with Gasteiger partial charge in [0.25, 0.3) is 0 Å². The molecule has 2 aromatic carbocycles. The summed E-state index contributed by atoms with van der Waals surface area (Å²) in [4.78, 5) is 14.4. The summed E-state index contributed by atoms with van der Waals surface area (Å²) >= 11 is 0. The van der Waals surface area contributed by atoms with E-state index in [1.54, 1.807) is 4.90 Å². The zero-order chi connectivity index (χ0) is 16.7. The van der Waals surface area contributed by atoms with E-state index >= 15 is 0 Å². The van der Waals surface area contributed by atoms with Crippen molar-refractivity contribution in [2.24, 2.45) is 5.92 Å². The average Bonchev–Trinajstić information content (AvgIpc) is 3.36. The first kappa shape index (κ1) is 17.3. The quantitative estimate of drug-likeness (QED) is 0.892. The van der Waals surface area contributed by atoms with E-state index in [0.29, 0.717) is 12.1 Å². The molecule has 25 heavy (non-hydrogen) atoms. The number of hydrogen-bond donors (Lipinski definition) is 1. The summed E-state index contributed by atoms with van der Waals surface area (Å²) in [5, 5.41) is 0. The number of amides is 1. The molecule has 0 aromatic heterocycles. The molecule has 1 heterocycles. The van der Waals surface area contributed by atoms with Crippen molar-refractivity contribution in [1.29, 1.82) is 0 Å². The molecule has 2 aromatic rings. The number of carbonyl (C=O) groups is 1. The maximum absolute atomic E-state index is 14.1. The first-order valence-electron chi connectivity index (χ1n) is 8.15. The average molecular weight is 342 g/mol. The van der Waals surface area contributed by atoms with Crippen LogP contribution < -0.4 is 6.15 Å². The summed E-state index contributed by atoms with van der Waals surface area (Å²) in [6.45, 7) is 0.315. The molecule has 1 unspecified atom stereocenters. The molecule has 1 fully saturated rings. The largest absolute Gasteiger partial charge is 0.344 e. The van der Waals surface area contributed by atoms with Crippen molar-refractivity contribution in [3.8, 4) is 0 Å². The van der Waals surface area contributed by atoms with E-state index in [-0.39, 0.29) is 29.6 Å². The molecular formula is C20H20F2N2O. The molecule has 3 N–H and O–H groups in total. The van der Waals surface area contributed by atoms with E-state index in [2.05, 4.69) is 0 Å². The highest BCUT2D eigenvalue weighted by Gasteiger charge is 2.39. The van der Waals surface area contributed by atoms with Gasteiger partial charge >= 0.3 is 0 Å². The Balaban J connectivity index is 0.00000182. The van der Waals surface area contributed by atoms with Gasteiger partial charge in [-0.05, 0) is 42.2 Å². The number of hydrogen-bond acceptors (Lipinski definition) is 2. The highest BCUT2D eigenvalue weighted by Crippen LogP contribution is 2.40. The fourth-order valence-electron chi connectivity index (χ4n) is 3.24. The molecule has 1 aliphatic carbocycles. The Kier molecular flexibility index (Phi) is 4.68. The van der Waals surface area contributed by atoms with Gasteiger partial charge in [-0.1, -0.05) is 36.4 Å². The Morgan fingerprint density at radius 2 is 1.76 bits per heavy atom. The van der Waals surface area contributed by atoms with Crippen molar-refractivity contribution in [2.45, 2.75) is 18.9 Å². The second-order valence-electron chi connectivity index (χ2n) is 6.41. The van der Waals surface area contributed by atoms with E-state index in [4.69, 9.17) is 0 Å². The highest BCUT2D eigenvalue weighted by atomic mass is 19.1. The molecule has 1 saturated carbocycles. The Hall–Kier alpha value is -2.53. The van der Waals surface area contributed by atoms with Crippen LogP contribution in [0.4, 0.5) is 8.78 Å². The fourth-order valence-corrected chi connectivity index (χ4v) is 3.24. The van der Waals surface area contributed by atoms with Crippen molar-refractivity contribution >= 4 is 11.5 Å². The molecule has 0 radical (unpaired) electrons. The summed E-state index contributed by atoms with van der Waals surface area (Å²) in [5.41, 5.74) is 1.88. The standard InChI is InChI=1S/C20H17F2NO.H3N/c21-16-8-9-18(22)17(11-16)15-10-19(13-4-2-1-3-5-13)23(12-15)20(24)14-6-7-14;/h1-5,8-11,14,19H,6-7,12H2;1H3. The van der Waals surface area contributed by atoms with E-state index < -0.39 is 11.6 Å². The Bertz CT molecular complexity index is 816. The highest BCUT2D eigenvalue weighted by molar-refractivity contribution is 5.86. The molecule has 1 aliphatic heterocycles. The Morgan fingerprint density at radius 1 is 1.04 bits per heavy atom. The van der Waals surface area contributed by atoms with Crippen molar-refractivity contribution < 1.29 is 13.6 Å². The van der Waals surface area contributed by atoms with Gasteiger partial charge in [0, 0.05) is 18.0 Å². The van der Waals surface area contributed by atoms with E-state index in [9.17, 15) is 13.6 Å². The van der Waals surface area contributed by atoms with Crippen LogP contribution in [0.15, 0.2) is 54.6 Å². The maximum atomic E-state index is 14.1. The minimum absolute atomic E-state index is 0. The van der Waals surface area contributed by atoms with Crippen LogP contribution in [0, 0.1) is 17.6 Å². The minimum atomic E-state index is -0.476. The Labute approximate surface area is 145 Å². The predicted octanol–water partition coefficient (Wildman–Crippen LogP) is 4.50. The summed E-state index contributed by atoms with van der Waals surface area (Å²) in [6.07, 6.45) is 3.72. The van der Waals surface area contributed by atoms with Crippen LogP contribution in [0.5, 0.6) is 0 Å². The molecule has 1 atom stereocenters. The second-order valence-corrected chi connectivity index (χ2v) is 6.41. The number of rotatable bonds is 3. The third-order valence-corrected chi connectivity index (χ3v) is 4.66. The van der Waals surface area contributed by atoms with Gasteiger partial charge in [-0.25, -0.2) is 8.78 Å². The zero-order valence-corrected chi connectivity index (χ0v) is 13.8. The fraction of sp³-hybridized carbons (Fsp3) is 0.250. The topological polar surface area (TPSA) is 55.3 Å². The van der Waals surface area contributed by atoms with Crippen molar-refractivity contribution in [2.75, 3.05) is 6.54 Å². The minimum Gasteiger partial charge on any atom is -0.344 e. The van der Waals surface area contributed by atoms with E-state index in [1.165, 1.54) is 6.07 Å². The third-order valence-electron chi connectivity index (χ3n) is 4.66. The van der Waals surface area contributed by atoms with Gasteiger partial charge in [0.05, 0.1) is 6.04 Å². The second kappa shape index (κ2) is 6.76. The maximum Gasteiger partial charge on any atom is 0.226 e. The Morgan fingerprint density at radius 3 is 2.44 bits per heavy atom. The third kappa shape index (κ3) is 3.33. The molecule has 0 saturated heterocycles. The van der Waals surface area contributed by atoms with Gasteiger partial charge < -0.3 is 11.1 Å². The predicted molar refractivity (Wildman–Crippen MR) is 93.0 cm³/mol. The molecular weight excluding hydrogens is 322 g/mol. The van der Waals surface area contributed by atoms with Crippen molar-refractivity contribution in [3.05, 3.63) is 77.4 Å². The number of carbonyl (C=O) groups excluding carboxylic acids is 1. The number of benzene rings is 2. The van der Waals surface area contributed by atoms with Gasteiger partial charge in [-0.3, -0.25) is 4.79 Å². The molecule has 2 aliphatic rings. The summed E-state index contributed by atoms with van der Waals surface area (Å²) in [7, 11) is 0. The molecule has 130 valence electrons. The number of nitrogens with zero attached hydrogens (tertiary/aromatic N) is 1. The van der Waals surface area contributed by atoms with Crippen LogP contribution in [0.25, 0.3) is 5.57 Å². The molecule has 0 bridgehead atoms. The lowest BCUT2D eigenvalue weighted by Crippen LogP contribution is -2.32. The monoisotopic (exact) mass is 342 g/mol. The van der Waals surface area contributed by atoms with Crippen LogP contribution >= 0.6 is 0 Å². The lowest BCUT2D eigenvalue weighted by Gasteiger charge is -2.25. The lowest BCUT2D eigenvalue weighted by atomic mass is 10.0. The van der Waals surface area contributed by atoms with Crippen molar-refractivity contribution in [1.82, 2.24) is 11.1 Å². The molecule has 1 amide bonds. The van der Waals surface area contributed by atoms with Gasteiger partial charge in [0.15, 0.2) is 0 Å². The summed E-state index contributed by atoms with van der Waals surface area (Å²) in [5.74, 6) is -0.751. The molecule has 0 spiro atoms. The first-order valence-corrected chi connectivity index (χ1v) is 8.15. The van der Waals surface area contributed by atoms with Gasteiger partial charge in [-0.15, -0.1) is 0 Å². The lowest BCUT2D eigenvalue weighted by molar-refractivity contribution is -0.133. The van der Waals surface area contributed by atoms with Crippen LogP contribution in [0.2, 0.25) is 0 Å². The van der Waals surface area contributed by atoms with Crippen molar-refractivity contribution in [3.63, 3.8) is 0 Å². The summed E-state index contributed by atoms with van der Waals surface area (Å²) < 4.78 is 27.7. The molecule has 3 nitrogen and oxygen atoms in total. The molecule has 4 rings (SSSR count). The number of halogens is 2. The first-order chi connectivity index (χ1) is 11.6. The van der Waals surface area contributed by atoms with Crippen LogP contribution in [0.1, 0.15) is 30.0 Å². The van der Waals surface area contributed by atoms with E-state index in [0.717, 1.165) is 30.5 Å².